The van der Waals surface area contributed by atoms with Crippen molar-refractivity contribution in [2.45, 2.75) is 0 Å². The third-order valence-electron chi connectivity index (χ3n) is 2.39. The molecule has 0 saturated carbocycles. The molecule has 3 aromatic rings. The summed E-state index contributed by atoms with van der Waals surface area (Å²) in [6.45, 7) is 0. The van der Waals surface area contributed by atoms with Crippen LogP contribution in [0.2, 0.25) is 0 Å². The van der Waals surface area contributed by atoms with Crippen LogP contribution in [0.4, 0.5) is 0 Å². The Kier molecular flexibility index (Phi) is 1.75. The van der Waals surface area contributed by atoms with Gasteiger partial charge in [-0.25, -0.2) is 9.97 Å². The van der Waals surface area contributed by atoms with Gasteiger partial charge in [0.2, 0.25) is 0 Å². The summed E-state index contributed by atoms with van der Waals surface area (Å²) in [7, 11) is 0. The van der Waals surface area contributed by atoms with Gasteiger partial charge in [-0.1, -0.05) is 0 Å². The lowest BCUT2D eigenvalue weighted by atomic mass is 10.2. The molecule has 0 spiro atoms. The molecule has 0 amide bonds. The van der Waals surface area contributed by atoms with Crippen molar-refractivity contribution in [3.63, 3.8) is 0 Å². The first kappa shape index (κ1) is 8.17. The zero-order chi connectivity index (χ0) is 10.1. The number of hydrogen-bond acceptors (Lipinski definition) is 2. The van der Waals surface area contributed by atoms with Gasteiger partial charge in [0, 0.05) is 29.7 Å². The molecule has 1 aromatic carbocycles. The monoisotopic (exact) mass is 195 g/mol. The van der Waals surface area contributed by atoms with Gasteiger partial charge in [-0.2, -0.15) is 0 Å². The standard InChI is InChI=1S/C12H9N3/c1-2-6-15(5-1)11-3-4-12-10(7-11)8-13-9-14-12/h1-9H. The smallest absolute Gasteiger partial charge is 0.116 e. The fraction of sp³-hybridized carbons (Fsp3) is 0. The van der Waals surface area contributed by atoms with E-state index in [1.807, 2.05) is 36.8 Å². The quantitative estimate of drug-likeness (QED) is 0.597. The van der Waals surface area contributed by atoms with E-state index in [4.69, 9.17) is 0 Å². The van der Waals surface area contributed by atoms with E-state index in [1.165, 1.54) is 0 Å². The molecule has 2 heterocycles. The molecule has 0 bridgehead atoms. The Labute approximate surface area is 87.0 Å². The number of fused-ring (bicyclic) bond motifs is 1. The summed E-state index contributed by atoms with van der Waals surface area (Å²) in [6.07, 6.45) is 7.43. The molecule has 15 heavy (non-hydrogen) atoms. The zero-order valence-electron chi connectivity index (χ0n) is 8.04. The van der Waals surface area contributed by atoms with E-state index >= 15 is 0 Å². The molecule has 0 unspecified atom stereocenters. The van der Waals surface area contributed by atoms with E-state index in [9.17, 15) is 0 Å². The average molecular weight is 195 g/mol. The van der Waals surface area contributed by atoms with Crippen LogP contribution in [0.5, 0.6) is 0 Å². The number of hydrogen-bond donors (Lipinski definition) is 0. The number of aromatic nitrogens is 3. The van der Waals surface area contributed by atoms with Crippen LogP contribution in [0, 0.1) is 0 Å². The van der Waals surface area contributed by atoms with E-state index in [1.54, 1.807) is 6.33 Å². The number of benzene rings is 1. The van der Waals surface area contributed by atoms with Crippen molar-refractivity contribution in [2.24, 2.45) is 0 Å². The summed E-state index contributed by atoms with van der Waals surface area (Å²) in [5.41, 5.74) is 2.10. The largest absolute Gasteiger partial charge is 0.324 e. The van der Waals surface area contributed by atoms with Crippen molar-refractivity contribution in [1.82, 2.24) is 14.5 Å². The van der Waals surface area contributed by atoms with Crippen LogP contribution < -0.4 is 0 Å². The fourth-order valence-corrected chi connectivity index (χ4v) is 1.64. The Morgan fingerprint density at radius 3 is 2.80 bits per heavy atom. The van der Waals surface area contributed by atoms with Gasteiger partial charge in [0.15, 0.2) is 0 Å². The van der Waals surface area contributed by atoms with Crippen LogP contribution in [-0.4, -0.2) is 14.5 Å². The van der Waals surface area contributed by atoms with Crippen LogP contribution in [0.3, 0.4) is 0 Å². The highest BCUT2D eigenvalue weighted by Gasteiger charge is 1.97. The molecular formula is C12H9N3. The molecule has 0 N–H and O–H groups in total. The molecule has 0 fully saturated rings. The lowest BCUT2D eigenvalue weighted by Gasteiger charge is -2.03. The molecule has 3 rings (SSSR count). The Bertz CT molecular complexity index is 585. The van der Waals surface area contributed by atoms with Crippen molar-refractivity contribution in [1.29, 1.82) is 0 Å². The maximum atomic E-state index is 4.18. The SMILES string of the molecule is c1ccn(-c2ccc3ncncc3c2)c1. The molecular weight excluding hydrogens is 186 g/mol. The van der Waals surface area contributed by atoms with Gasteiger partial charge in [0.05, 0.1) is 5.52 Å². The molecule has 0 aliphatic rings. The maximum Gasteiger partial charge on any atom is 0.116 e. The molecule has 3 nitrogen and oxygen atoms in total. The van der Waals surface area contributed by atoms with E-state index in [2.05, 4.69) is 26.7 Å². The Balaban J connectivity index is 2.22. The van der Waals surface area contributed by atoms with Gasteiger partial charge in [-0.15, -0.1) is 0 Å². The maximum absolute atomic E-state index is 4.18. The van der Waals surface area contributed by atoms with Gasteiger partial charge >= 0.3 is 0 Å². The van der Waals surface area contributed by atoms with Crippen LogP contribution in [0.15, 0.2) is 55.2 Å². The van der Waals surface area contributed by atoms with Crippen LogP contribution in [-0.2, 0) is 0 Å². The Hall–Kier alpha value is -2.16. The minimum atomic E-state index is 0.973. The minimum absolute atomic E-state index is 0.973. The van der Waals surface area contributed by atoms with Crippen molar-refractivity contribution in [3.8, 4) is 5.69 Å². The second-order valence-corrected chi connectivity index (χ2v) is 3.36. The predicted molar refractivity (Wildman–Crippen MR) is 58.9 cm³/mol. The van der Waals surface area contributed by atoms with Crippen molar-refractivity contribution in [2.75, 3.05) is 0 Å². The highest BCUT2D eigenvalue weighted by Crippen LogP contribution is 2.15. The summed E-state index contributed by atoms with van der Waals surface area (Å²) >= 11 is 0. The van der Waals surface area contributed by atoms with Gasteiger partial charge < -0.3 is 4.57 Å². The summed E-state index contributed by atoms with van der Waals surface area (Å²) in [5, 5.41) is 1.06. The normalized spacial score (nSPS) is 10.7. The highest BCUT2D eigenvalue weighted by atomic mass is 14.9. The molecule has 0 aliphatic heterocycles. The molecule has 0 radical (unpaired) electrons. The predicted octanol–water partition coefficient (Wildman–Crippen LogP) is 2.42. The molecule has 0 aliphatic carbocycles. The van der Waals surface area contributed by atoms with E-state index in [0.29, 0.717) is 0 Å². The Morgan fingerprint density at radius 1 is 1.07 bits per heavy atom. The molecule has 0 atom stereocenters. The second-order valence-electron chi connectivity index (χ2n) is 3.36. The zero-order valence-corrected chi connectivity index (χ0v) is 8.04. The first-order chi connectivity index (χ1) is 7.43. The van der Waals surface area contributed by atoms with E-state index in [0.717, 1.165) is 16.6 Å². The van der Waals surface area contributed by atoms with E-state index in [-0.39, 0.29) is 0 Å². The van der Waals surface area contributed by atoms with Gasteiger partial charge in [-0.05, 0) is 30.3 Å². The van der Waals surface area contributed by atoms with Crippen molar-refractivity contribution < 1.29 is 0 Å². The first-order valence-corrected chi connectivity index (χ1v) is 4.76. The second kappa shape index (κ2) is 3.20. The van der Waals surface area contributed by atoms with Gasteiger partial charge in [-0.3, -0.25) is 0 Å². The van der Waals surface area contributed by atoms with E-state index < -0.39 is 0 Å². The first-order valence-electron chi connectivity index (χ1n) is 4.76. The molecule has 3 heteroatoms. The summed E-state index contributed by atoms with van der Waals surface area (Å²) in [6, 6.07) is 10.1. The molecule has 0 saturated heterocycles. The molecule has 72 valence electrons. The van der Waals surface area contributed by atoms with Crippen LogP contribution in [0.25, 0.3) is 16.6 Å². The van der Waals surface area contributed by atoms with Crippen LogP contribution >= 0.6 is 0 Å². The fourth-order valence-electron chi connectivity index (χ4n) is 1.64. The van der Waals surface area contributed by atoms with Crippen molar-refractivity contribution >= 4 is 10.9 Å². The third kappa shape index (κ3) is 1.38. The van der Waals surface area contributed by atoms with Crippen molar-refractivity contribution in [3.05, 3.63) is 55.2 Å². The molecule has 2 aromatic heterocycles. The number of nitrogens with zero attached hydrogens (tertiary/aromatic N) is 3. The van der Waals surface area contributed by atoms with Gasteiger partial charge in [0.25, 0.3) is 0 Å². The average Bonchev–Trinajstić information content (AvgIpc) is 2.82. The number of rotatable bonds is 1. The summed E-state index contributed by atoms with van der Waals surface area (Å²) in [5.74, 6) is 0. The van der Waals surface area contributed by atoms with Gasteiger partial charge in [0.1, 0.15) is 6.33 Å². The third-order valence-corrected chi connectivity index (χ3v) is 2.39. The lowest BCUT2D eigenvalue weighted by molar-refractivity contribution is 1.08. The lowest BCUT2D eigenvalue weighted by Crippen LogP contribution is -1.90. The Morgan fingerprint density at radius 2 is 1.93 bits per heavy atom. The summed E-state index contributed by atoms with van der Waals surface area (Å²) in [4.78, 5) is 8.20. The topological polar surface area (TPSA) is 30.7 Å². The van der Waals surface area contributed by atoms with Crippen LogP contribution in [0.1, 0.15) is 0 Å². The highest BCUT2D eigenvalue weighted by molar-refractivity contribution is 5.79. The minimum Gasteiger partial charge on any atom is -0.324 e. The summed E-state index contributed by atoms with van der Waals surface area (Å²) < 4.78 is 2.06.